The van der Waals surface area contributed by atoms with Gasteiger partial charge in [-0.3, -0.25) is 14.5 Å². The number of hydrogen-bond acceptors (Lipinski definition) is 5. The summed E-state index contributed by atoms with van der Waals surface area (Å²) in [6, 6.07) is 33.1. The van der Waals surface area contributed by atoms with Crippen LogP contribution in [0.3, 0.4) is 0 Å². The summed E-state index contributed by atoms with van der Waals surface area (Å²) in [7, 11) is 0. The average molecular weight is 539 g/mol. The van der Waals surface area contributed by atoms with Crippen molar-refractivity contribution < 1.29 is 24.9 Å². The Labute approximate surface area is 234 Å². The van der Waals surface area contributed by atoms with E-state index >= 15 is 0 Å². The molecule has 0 atom stereocenters. The Morgan fingerprint density at radius 2 is 1.30 bits per heavy atom. The molecular weight excluding hydrogens is 504 g/mol. The van der Waals surface area contributed by atoms with Crippen molar-refractivity contribution in [1.29, 1.82) is 0 Å². The normalized spacial score (nSPS) is 11.1. The van der Waals surface area contributed by atoms with Crippen molar-refractivity contribution in [1.82, 2.24) is 10.2 Å². The number of carboxylic acid groups (broad SMARTS) is 1. The molecule has 0 aliphatic rings. The van der Waals surface area contributed by atoms with E-state index in [-0.39, 0.29) is 36.3 Å². The third-order valence-corrected chi connectivity index (χ3v) is 6.83. The molecular formula is C33H34N2O5. The molecule has 7 heteroatoms. The Bertz CT molecular complexity index is 1350. The SMILES string of the molecule is O=C(O)CCNC(=O)c1ccc(CN(CCC(c2ccccc2)c2ccccc2)Cc2ccc(O)c(O)c2)cc1. The number of hydrogen-bond donors (Lipinski definition) is 4. The van der Waals surface area contributed by atoms with Crippen LogP contribution in [-0.2, 0) is 17.9 Å². The van der Waals surface area contributed by atoms with Gasteiger partial charge in [-0.1, -0.05) is 78.9 Å². The highest BCUT2D eigenvalue weighted by molar-refractivity contribution is 5.94. The summed E-state index contributed by atoms with van der Waals surface area (Å²) in [5, 5.41) is 31.2. The predicted octanol–water partition coefficient (Wildman–Crippen LogP) is 5.53. The van der Waals surface area contributed by atoms with E-state index in [0.29, 0.717) is 18.7 Å². The lowest BCUT2D eigenvalue weighted by Crippen LogP contribution is -2.26. The Morgan fingerprint density at radius 3 is 1.88 bits per heavy atom. The number of nitrogens with zero attached hydrogens (tertiary/aromatic N) is 1. The third kappa shape index (κ3) is 8.19. The topological polar surface area (TPSA) is 110 Å². The van der Waals surface area contributed by atoms with Crippen molar-refractivity contribution in [2.24, 2.45) is 0 Å². The van der Waals surface area contributed by atoms with Crippen LogP contribution in [0.25, 0.3) is 0 Å². The summed E-state index contributed by atoms with van der Waals surface area (Å²) < 4.78 is 0. The zero-order chi connectivity index (χ0) is 28.3. The molecule has 4 N–H and O–H groups in total. The lowest BCUT2D eigenvalue weighted by molar-refractivity contribution is -0.136. The van der Waals surface area contributed by atoms with Crippen LogP contribution in [0.4, 0.5) is 0 Å². The summed E-state index contributed by atoms with van der Waals surface area (Å²) in [4.78, 5) is 25.3. The zero-order valence-corrected chi connectivity index (χ0v) is 22.2. The van der Waals surface area contributed by atoms with E-state index < -0.39 is 5.97 Å². The second-order valence-corrected chi connectivity index (χ2v) is 9.79. The van der Waals surface area contributed by atoms with Gasteiger partial charge in [0.25, 0.3) is 5.91 Å². The number of aliphatic carboxylic acids is 1. The number of rotatable bonds is 13. The van der Waals surface area contributed by atoms with E-state index in [1.54, 1.807) is 24.3 Å². The number of carbonyl (C=O) groups is 2. The van der Waals surface area contributed by atoms with E-state index in [4.69, 9.17) is 5.11 Å². The minimum Gasteiger partial charge on any atom is -0.504 e. The maximum atomic E-state index is 12.3. The maximum absolute atomic E-state index is 12.3. The summed E-state index contributed by atoms with van der Waals surface area (Å²) >= 11 is 0. The van der Waals surface area contributed by atoms with E-state index in [2.05, 4.69) is 58.7 Å². The third-order valence-electron chi connectivity index (χ3n) is 6.83. The van der Waals surface area contributed by atoms with E-state index in [9.17, 15) is 19.8 Å². The van der Waals surface area contributed by atoms with Crippen LogP contribution in [0.2, 0.25) is 0 Å². The number of amides is 1. The maximum Gasteiger partial charge on any atom is 0.305 e. The van der Waals surface area contributed by atoms with E-state index in [1.165, 1.54) is 17.2 Å². The quantitative estimate of drug-likeness (QED) is 0.167. The van der Waals surface area contributed by atoms with Gasteiger partial charge in [-0.2, -0.15) is 0 Å². The molecule has 0 aromatic heterocycles. The second kappa shape index (κ2) is 14.0. The van der Waals surface area contributed by atoms with Crippen molar-refractivity contribution >= 4 is 11.9 Å². The summed E-state index contributed by atoms with van der Waals surface area (Å²) in [5.74, 6) is -1.37. The fourth-order valence-electron chi connectivity index (χ4n) is 4.75. The molecule has 0 bridgehead atoms. The van der Waals surface area contributed by atoms with E-state index in [0.717, 1.165) is 24.1 Å². The lowest BCUT2D eigenvalue weighted by atomic mass is 9.88. The van der Waals surface area contributed by atoms with Gasteiger partial charge in [0.05, 0.1) is 6.42 Å². The molecule has 4 aromatic rings. The van der Waals surface area contributed by atoms with Gasteiger partial charge in [-0.05, 0) is 59.5 Å². The first-order chi connectivity index (χ1) is 19.4. The number of carbonyl (C=O) groups excluding carboxylic acids is 1. The standard InChI is InChI=1S/C33H34N2O5/c36-30-16-13-25(21-31(30)37)23-35(22-24-11-14-28(15-12-24)33(40)34-19-17-32(38)39)20-18-29(26-7-3-1-4-8-26)27-9-5-2-6-10-27/h1-16,21,29,36-37H,17-20,22-23H2,(H,34,40)(H,38,39). The van der Waals surface area contributed by atoms with Crippen molar-refractivity contribution in [3.05, 3.63) is 131 Å². The summed E-state index contributed by atoms with van der Waals surface area (Å²) in [6.07, 6.45) is 0.737. The highest BCUT2D eigenvalue weighted by Crippen LogP contribution is 2.30. The largest absolute Gasteiger partial charge is 0.504 e. The fraction of sp³-hybridized carbons (Fsp3) is 0.212. The van der Waals surface area contributed by atoms with Crippen molar-refractivity contribution in [2.75, 3.05) is 13.1 Å². The number of aromatic hydroxyl groups is 2. The summed E-state index contributed by atoms with van der Waals surface area (Å²) in [5.41, 5.74) is 4.85. The minimum absolute atomic E-state index is 0.0766. The first-order valence-corrected chi connectivity index (χ1v) is 13.3. The molecule has 0 spiro atoms. The summed E-state index contributed by atoms with van der Waals surface area (Å²) in [6.45, 7) is 2.00. The van der Waals surface area contributed by atoms with Crippen molar-refractivity contribution in [3.8, 4) is 11.5 Å². The number of nitrogens with one attached hydrogen (secondary N) is 1. The second-order valence-electron chi connectivity index (χ2n) is 9.79. The van der Waals surface area contributed by atoms with Crippen LogP contribution >= 0.6 is 0 Å². The van der Waals surface area contributed by atoms with Crippen LogP contribution < -0.4 is 5.32 Å². The molecule has 0 aliphatic carbocycles. The molecule has 0 heterocycles. The molecule has 4 rings (SSSR count). The monoisotopic (exact) mass is 538 g/mol. The number of carboxylic acids is 1. The van der Waals surface area contributed by atoms with Gasteiger partial charge >= 0.3 is 5.97 Å². The molecule has 0 aliphatic heterocycles. The van der Waals surface area contributed by atoms with Gasteiger partial charge in [0, 0.05) is 31.1 Å². The first-order valence-electron chi connectivity index (χ1n) is 13.3. The van der Waals surface area contributed by atoms with Gasteiger partial charge in [0.15, 0.2) is 11.5 Å². The van der Waals surface area contributed by atoms with Gasteiger partial charge in [0.1, 0.15) is 0 Å². The Kier molecular flexibility index (Phi) is 9.91. The van der Waals surface area contributed by atoms with Crippen LogP contribution in [0.5, 0.6) is 11.5 Å². The van der Waals surface area contributed by atoms with Gasteiger partial charge in [0.2, 0.25) is 0 Å². The molecule has 0 unspecified atom stereocenters. The molecule has 206 valence electrons. The molecule has 0 radical (unpaired) electrons. The van der Waals surface area contributed by atoms with Crippen LogP contribution in [0.1, 0.15) is 51.4 Å². The predicted molar refractivity (Wildman–Crippen MR) is 154 cm³/mol. The highest BCUT2D eigenvalue weighted by Gasteiger charge is 2.17. The molecule has 0 fully saturated rings. The van der Waals surface area contributed by atoms with E-state index in [1.807, 2.05) is 24.3 Å². The Morgan fingerprint density at radius 1 is 0.725 bits per heavy atom. The van der Waals surface area contributed by atoms with Crippen molar-refractivity contribution in [3.63, 3.8) is 0 Å². The molecule has 0 saturated carbocycles. The molecule has 0 saturated heterocycles. The number of phenols is 2. The smallest absolute Gasteiger partial charge is 0.305 e. The number of benzene rings is 4. The van der Waals surface area contributed by atoms with Crippen LogP contribution in [0.15, 0.2) is 103 Å². The van der Waals surface area contributed by atoms with Crippen LogP contribution in [-0.4, -0.2) is 45.2 Å². The average Bonchev–Trinajstić information content (AvgIpc) is 2.96. The van der Waals surface area contributed by atoms with Gasteiger partial charge < -0.3 is 20.6 Å². The van der Waals surface area contributed by atoms with Gasteiger partial charge in [-0.15, -0.1) is 0 Å². The molecule has 7 nitrogen and oxygen atoms in total. The Balaban J connectivity index is 1.51. The minimum atomic E-state index is -0.959. The molecule has 4 aromatic carbocycles. The zero-order valence-electron chi connectivity index (χ0n) is 22.2. The van der Waals surface area contributed by atoms with Crippen molar-refractivity contribution in [2.45, 2.75) is 31.8 Å². The van der Waals surface area contributed by atoms with Crippen LogP contribution in [0, 0.1) is 0 Å². The fourth-order valence-corrected chi connectivity index (χ4v) is 4.75. The highest BCUT2D eigenvalue weighted by atomic mass is 16.4. The number of phenolic OH excluding ortho intramolecular Hbond substituents is 2. The first kappa shape index (κ1) is 28.4. The molecule has 1 amide bonds. The Hall–Kier alpha value is -4.62. The molecule has 40 heavy (non-hydrogen) atoms. The van der Waals surface area contributed by atoms with Gasteiger partial charge in [-0.25, -0.2) is 0 Å². The lowest BCUT2D eigenvalue weighted by Gasteiger charge is -2.26.